The van der Waals surface area contributed by atoms with Gasteiger partial charge in [0.05, 0.1) is 6.42 Å². The molecule has 0 bridgehead atoms. The Labute approximate surface area is 151 Å². The number of alkyl halides is 3. The van der Waals surface area contributed by atoms with Crippen LogP contribution in [0.3, 0.4) is 0 Å². The standard InChI is InChI=1S/C16H16F3N3O5/c1-2-13-21-12(22-27-13)8-26-10-5-3-9(4-6-10)14(23)20-11(15(24)25)7-16(17,18)19/h3-6,11H,2,7-8H2,1H3,(H,20,23)(H,24,25). The van der Waals surface area contributed by atoms with E-state index in [4.69, 9.17) is 14.4 Å². The average molecular weight is 387 g/mol. The fraction of sp³-hybridized carbons (Fsp3) is 0.375. The maximum Gasteiger partial charge on any atom is 0.391 e. The summed E-state index contributed by atoms with van der Waals surface area (Å²) in [6.45, 7) is 1.88. The SMILES string of the molecule is CCc1nc(COc2ccc(C(=O)NC(CC(F)(F)F)C(=O)O)cc2)no1. The quantitative estimate of drug-likeness (QED) is 0.714. The number of carboxylic acids is 1. The molecule has 1 amide bonds. The van der Waals surface area contributed by atoms with Crippen molar-refractivity contribution in [3.63, 3.8) is 0 Å². The zero-order chi connectivity index (χ0) is 20.0. The molecule has 0 fully saturated rings. The Morgan fingerprint density at radius 1 is 1.30 bits per heavy atom. The van der Waals surface area contributed by atoms with Gasteiger partial charge in [-0.3, -0.25) is 4.79 Å². The van der Waals surface area contributed by atoms with Gasteiger partial charge in [-0.1, -0.05) is 12.1 Å². The van der Waals surface area contributed by atoms with E-state index in [0.717, 1.165) is 0 Å². The summed E-state index contributed by atoms with van der Waals surface area (Å²) in [5, 5.41) is 14.4. The number of carbonyl (C=O) groups is 2. The fourth-order valence-electron chi connectivity index (χ4n) is 2.02. The van der Waals surface area contributed by atoms with E-state index in [1.54, 1.807) is 0 Å². The average Bonchev–Trinajstić information content (AvgIpc) is 3.06. The zero-order valence-electron chi connectivity index (χ0n) is 14.1. The highest BCUT2D eigenvalue weighted by atomic mass is 19.4. The molecule has 1 aromatic heterocycles. The minimum atomic E-state index is -4.72. The molecule has 1 unspecified atom stereocenters. The van der Waals surface area contributed by atoms with Gasteiger partial charge >= 0.3 is 12.1 Å². The molecule has 0 aliphatic carbocycles. The number of carbonyl (C=O) groups excluding carboxylic acids is 1. The minimum absolute atomic E-state index is 0.0106. The van der Waals surface area contributed by atoms with Crippen molar-refractivity contribution < 1.29 is 37.1 Å². The van der Waals surface area contributed by atoms with Crippen LogP contribution in [0.25, 0.3) is 0 Å². The van der Waals surface area contributed by atoms with Gasteiger partial charge in [-0.15, -0.1) is 0 Å². The van der Waals surface area contributed by atoms with Gasteiger partial charge in [0.1, 0.15) is 11.8 Å². The topological polar surface area (TPSA) is 115 Å². The Balaban J connectivity index is 1.94. The lowest BCUT2D eigenvalue weighted by atomic mass is 10.1. The first-order valence-corrected chi connectivity index (χ1v) is 7.82. The maximum atomic E-state index is 12.4. The van der Waals surface area contributed by atoms with E-state index >= 15 is 0 Å². The molecular formula is C16H16F3N3O5. The summed E-state index contributed by atoms with van der Waals surface area (Å²) >= 11 is 0. The minimum Gasteiger partial charge on any atom is -0.485 e. The predicted octanol–water partition coefficient (Wildman–Crippen LogP) is 2.35. The van der Waals surface area contributed by atoms with Crippen molar-refractivity contribution in [3.8, 4) is 5.75 Å². The normalized spacial score (nSPS) is 12.4. The van der Waals surface area contributed by atoms with Crippen LogP contribution < -0.4 is 10.1 Å². The Bertz CT molecular complexity index is 789. The first-order chi connectivity index (χ1) is 12.7. The summed E-state index contributed by atoms with van der Waals surface area (Å²) < 4.78 is 47.4. The second-order valence-electron chi connectivity index (χ2n) is 5.45. The summed E-state index contributed by atoms with van der Waals surface area (Å²) in [4.78, 5) is 26.9. The monoisotopic (exact) mass is 387 g/mol. The highest BCUT2D eigenvalue weighted by molar-refractivity contribution is 5.96. The van der Waals surface area contributed by atoms with Gasteiger partial charge in [-0.25, -0.2) is 4.79 Å². The number of aliphatic carboxylic acids is 1. The summed E-state index contributed by atoms with van der Waals surface area (Å²) in [6, 6.07) is 3.35. The van der Waals surface area contributed by atoms with E-state index < -0.39 is 30.5 Å². The first-order valence-electron chi connectivity index (χ1n) is 7.82. The number of nitrogens with one attached hydrogen (secondary N) is 1. The molecule has 146 valence electrons. The van der Waals surface area contributed by atoms with Crippen molar-refractivity contribution in [2.24, 2.45) is 0 Å². The van der Waals surface area contributed by atoms with Crippen LogP contribution in [0.4, 0.5) is 13.2 Å². The van der Waals surface area contributed by atoms with Gasteiger partial charge in [0.25, 0.3) is 5.91 Å². The third-order valence-corrected chi connectivity index (χ3v) is 3.34. The number of aromatic nitrogens is 2. The molecule has 0 spiro atoms. The van der Waals surface area contributed by atoms with Crippen LogP contribution >= 0.6 is 0 Å². The third-order valence-electron chi connectivity index (χ3n) is 3.34. The van der Waals surface area contributed by atoms with E-state index in [2.05, 4.69) is 10.1 Å². The third kappa shape index (κ3) is 6.28. The number of aryl methyl sites for hydroxylation is 1. The van der Waals surface area contributed by atoms with Crippen LogP contribution in [0, 0.1) is 0 Å². The van der Waals surface area contributed by atoms with Crippen molar-refractivity contribution in [2.45, 2.75) is 38.6 Å². The lowest BCUT2D eigenvalue weighted by molar-refractivity contribution is -0.157. The second-order valence-corrected chi connectivity index (χ2v) is 5.45. The van der Waals surface area contributed by atoms with Gasteiger partial charge in [-0.2, -0.15) is 18.2 Å². The van der Waals surface area contributed by atoms with Crippen molar-refractivity contribution in [3.05, 3.63) is 41.5 Å². The maximum absolute atomic E-state index is 12.4. The van der Waals surface area contributed by atoms with E-state index in [9.17, 15) is 22.8 Å². The Hall–Kier alpha value is -3.11. The molecule has 11 heteroatoms. The van der Waals surface area contributed by atoms with Crippen LogP contribution in [0.1, 0.15) is 35.4 Å². The van der Waals surface area contributed by atoms with Gasteiger partial charge in [0.2, 0.25) is 11.7 Å². The van der Waals surface area contributed by atoms with E-state index in [1.165, 1.54) is 24.3 Å². The van der Waals surface area contributed by atoms with E-state index in [-0.39, 0.29) is 12.2 Å². The second kappa shape index (κ2) is 8.52. The summed E-state index contributed by atoms with van der Waals surface area (Å²) in [7, 11) is 0. The lowest BCUT2D eigenvalue weighted by Crippen LogP contribution is -2.43. The lowest BCUT2D eigenvalue weighted by Gasteiger charge is -2.16. The number of hydrogen-bond acceptors (Lipinski definition) is 6. The molecule has 0 aliphatic rings. The van der Waals surface area contributed by atoms with Crippen LogP contribution in [0.15, 0.2) is 28.8 Å². The highest BCUT2D eigenvalue weighted by Crippen LogP contribution is 2.22. The van der Waals surface area contributed by atoms with Crippen molar-refractivity contribution >= 4 is 11.9 Å². The smallest absolute Gasteiger partial charge is 0.391 e. The molecule has 8 nitrogen and oxygen atoms in total. The van der Waals surface area contributed by atoms with Crippen molar-refractivity contribution in [1.29, 1.82) is 0 Å². The number of amides is 1. The molecule has 2 aromatic rings. The predicted molar refractivity (Wildman–Crippen MR) is 84.0 cm³/mol. The number of halogens is 3. The molecule has 0 radical (unpaired) electrons. The van der Waals surface area contributed by atoms with Crippen LogP contribution in [0.2, 0.25) is 0 Å². The number of hydrogen-bond donors (Lipinski definition) is 2. The zero-order valence-corrected chi connectivity index (χ0v) is 14.1. The Morgan fingerprint density at radius 2 is 1.96 bits per heavy atom. The molecule has 1 aromatic carbocycles. The Morgan fingerprint density at radius 3 is 2.48 bits per heavy atom. The molecule has 1 atom stereocenters. The number of nitrogens with zero attached hydrogens (tertiary/aromatic N) is 2. The van der Waals surface area contributed by atoms with Gasteiger partial charge in [-0.05, 0) is 24.3 Å². The molecule has 0 saturated heterocycles. The molecule has 0 saturated carbocycles. The van der Waals surface area contributed by atoms with Gasteiger partial charge in [0.15, 0.2) is 6.61 Å². The molecule has 27 heavy (non-hydrogen) atoms. The molecular weight excluding hydrogens is 371 g/mol. The molecule has 2 rings (SSSR count). The molecule has 0 aliphatic heterocycles. The van der Waals surface area contributed by atoms with Crippen LogP contribution in [-0.4, -0.2) is 39.3 Å². The van der Waals surface area contributed by atoms with Crippen molar-refractivity contribution in [1.82, 2.24) is 15.5 Å². The molecule has 2 N–H and O–H groups in total. The fourth-order valence-corrected chi connectivity index (χ4v) is 2.02. The van der Waals surface area contributed by atoms with Crippen LogP contribution in [0.5, 0.6) is 5.75 Å². The van der Waals surface area contributed by atoms with E-state index in [1.807, 2.05) is 12.2 Å². The summed E-state index contributed by atoms with van der Waals surface area (Å²) in [6.07, 6.45) is -5.80. The van der Waals surface area contributed by atoms with Gasteiger partial charge in [0, 0.05) is 12.0 Å². The van der Waals surface area contributed by atoms with Crippen LogP contribution in [-0.2, 0) is 17.8 Å². The summed E-state index contributed by atoms with van der Waals surface area (Å²) in [5.74, 6) is -1.55. The molecule has 1 heterocycles. The number of carboxylic acid groups (broad SMARTS) is 1. The number of benzene rings is 1. The highest BCUT2D eigenvalue weighted by Gasteiger charge is 2.36. The first kappa shape index (κ1) is 20.2. The largest absolute Gasteiger partial charge is 0.485 e. The number of ether oxygens (including phenoxy) is 1. The van der Waals surface area contributed by atoms with Gasteiger partial charge < -0.3 is 19.7 Å². The van der Waals surface area contributed by atoms with E-state index in [0.29, 0.717) is 23.9 Å². The number of rotatable bonds is 8. The van der Waals surface area contributed by atoms with Crippen molar-refractivity contribution in [2.75, 3.05) is 0 Å². The Kier molecular flexibility index (Phi) is 6.37. The summed E-state index contributed by atoms with van der Waals surface area (Å²) in [5.41, 5.74) is -0.0106.